The summed E-state index contributed by atoms with van der Waals surface area (Å²) in [7, 11) is 1.61. The summed E-state index contributed by atoms with van der Waals surface area (Å²) in [6.07, 6.45) is 2.97. The van der Waals surface area contributed by atoms with E-state index in [0.717, 1.165) is 30.6 Å². The fourth-order valence-corrected chi connectivity index (χ4v) is 3.03. The number of halogens is 1. The molecule has 1 aliphatic rings. The Morgan fingerprint density at radius 2 is 1.71 bits per heavy atom. The fourth-order valence-electron chi connectivity index (χ4n) is 2.91. The summed E-state index contributed by atoms with van der Waals surface area (Å²) < 4.78 is 10.6. The zero-order valence-corrected chi connectivity index (χ0v) is 14.3. The van der Waals surface area contributed by atoms with Crippen molar-refractivity contribution in [2.24, 2.45) is 0 Å². The van der Waals surface area contributed by atoms with Crippen molar-refractivity contribution >= 4 is 17.5 Å². The number of hydrogen-bond acceptors (Lipinski definition) is 3. The Balaban J connectivity index is 1.59. The van der Waals surface area contributed by atoms with E-state index in [1.165, 1.54) is 0 Å². The summed E-state index contributed by atoms with van der Waals surface area (Å²) in [5, 5.41) is 3.82. The molecule has 24 heavy (non-hydrogen) atoms. The van der Waals surface area contributed by atoms with Crippen LogP contribution < -0.4 is 14.8 Å². The Bertz CT molecular complexity index is 694. The van der Waals surface area contributed by atoms with Crippen molar-refractivity contribution in [1.29, 1.82) is 0 Å². The highest BCUT2D eigenvalue weighted by Gasteiger charge is 2.39. The zero-order chi connectivity index (χ0) is 17.0. The summed E-state index contributed by atoms with van der Waals surface area (Å²) in [6, 6.07) is 14.8. The van der Waals surface area contributed by atoms with Crippen molar-refractivity contribution in [3.8, 4) is 11.5 Å². The Labute approximate surface area is 146 Å². The molecule has 0 spiro atoms. The van der Waals surface area contributed by atoms with Crippen LogP contribution in [0, 0.1) is 0 Å². The van der Waals surface area contributed by atoms with Crippen molar-refractivity contribution in [3.05, 3.63) is 59.1 Å². The second-order valence-electron chi connectivity index (χ2n) is 5.95. The average molecular weight is 346 g/mol. The van der Waals surface area contributed by atoms with Crippen LogP contribution in [0.4, 0.5) is 0 Å². The van der Waals surface area contributed by atoms with Gasteiger partial charge >= 0.3 is 0 Å². The normalized spacial score (nSPS) is 15.2. The molecule has 0 unspecified atom stereocenters. The van der Waals surface area contributed by atoms with Crippen LogP contribution in [0.1, 0.15) is 24.8 Å². The van der Waals surface area contributed by atoms with Gasteiger partial charge in [0.05, 0.1) is 12.6 Å². The number of ether oxygens (including phenoxy) is 2. The minimum atomic E-state index is -0.287. The van der Waals surface area contributed by atoms with E-state index in [-0.39, 0.29) is 18.1 Å². The lowest BCUT2D eigenvalue weighted by Crippen LogP contribution is -2.52. The Morgan fingerprint density at radius 3 is 2.25 bits per heavy atom. The molecule has 1 amide bonds. The van der Waals surface area contributed by atoms with Crippen molar-refractivity contribution in [2.75, 3.05) is 13.7 Å². The van der Waals surface area contributed by atoms with Gasteiger partial charge in [0.25, 0.3) is 5.91 Å². The van der Waals surface area contributed by atoms with Gasteiger partial charge in [0.2, 0.25) is 0 Å². The number of rotatable bonds is 6. The predicted molar refractivity (Wildman–Crippen MR) is 93.6 cm³/mol. The molecule has 1 aliphatic carbocycles. The number of carbonyl (C=O) groups is 1. The molecule has 2 aromatic carbocycles. The maximum atomic E-state index is 12.3. The monoisotopic (exact) mass is 345 g/mol. The van der Waals surface area contributed by atoms with Crippen LogP contribution in [0.5, 0.6) is 11.5 Å². The molecule has 0 saturated heterocycles. The van der Waals surface area contributed by atoms with Crippen LogP contribution in [0.25, 0.3) is 0 Å². The zero-order valence-electron chi connectivity index (χ0n) is 13.5. The Kier molecular flexibility index (Phi) is 4.95. The fraction of sp³-hybridized carbons (Fsp3) is 0.316. The molecule has 126 valence electrons. The molecule has 0 heterocycles. The third kappa shape index (κ3) is 3.65. The Morgan fingerprint density at radius 1 is 1.08 bits per heavy atom. The maximum Gasteiger partial charge on any atom is 0.258 e. The quantitative estimate of drug-likeness (QED) is 0.863. The van der Waals surface area contributed by atoms with Crippen LogP contribution in [-0.4, -0.2) is 19.6 Å². The molecule has 0 atom stereocenters. The number of benzene rings is 2. The smallest absolute Gasteiger partial charge is 0.258 e. The summed E-state index contributed by atoms with van der Waals surface area (Å²) in [5.41, 5.74) is 0.807. The second kappa shape index (κ2) is 7.14. The lowest BCUT2D eigenvalue weighted by Gasteiger charge is -2.43. The van der Waals surface area contributed by atoms with E-state index < -0.39 is 0 Å². The number of methoxy groups -OCH3 is 1. The van der Waals surface area contributed by atoms with Gasteiger partial charge in [-0.3, -0.25) is 4.79 Å². The summed E-state index contributed by atoms with van der Waals surface area (Å²) in [4.78, 5) is 12.3. The first-order chi connectivity index (χ1) is 11.6. The highest BCUT2D eigenvalue weighted by atomic mass is 35.5. The molecule has 1 saturated carbocycles. The molecular weight excluding hydrogens is 326 g/mol. The van der Waals surface area contributed by atoms with Gasteiger partial charge < -0.3 is 14.8 Å². The van der Waals surface area contributed by atoms with Crippen LogP contribution in [0.3, 0.4) is 0 Å². The third-order valence-corrected chi connectivity index (χ3v) is 4.66. The van der Waals surface area contributed by atoms with Crippen LogP contribution in [-0.2, 0) is 10.3 Å². The van der Waals surface area contributed by atoms with Crippen molar-refractivity contribution in [1.82, 2.24) is 5.32 Å². The van der Waals surface area contributed by atoms with E-state index in [0.29, 0.717) is 10.8 Å². The van der Waals surface area contributed by atoms with Crippen molar-refractivity contribution in [2.45, 2.75) is 24.8 Å². The molecule has 1 fully saturated rings. The molecule has 0 aliphatic heterocycles. The van der Waals surface area contributed by atoms with Crippen LogP contribution in [0.2, 0.25) is 5.02 Å². The van der Waals surface area contributed by atoms with Gasteiger partial charge in [-0.1, -0.05) is 23.7 Å². The molecule has 4 nitrogen and oxygen atoms in total. The van der Waals surface area contributed by atoms with Gasteiger partial charge in [-0.2, -0.15) is 0 Å². The minimum Gasteiger partial charge on any atom is -0.497 e. The summed E-state index contributed by atoms with van der Waals surface area (Å²) in [5.74, 6) is 1.27. The molecule has 0 radical (unpaired) electrons. The van der Waals surface area contributed by atoms with Gasteiger partial charge in [-0.25, -0.2) is 0 Å². The number of nitrogens with one attached hydrogen (secondary N) is 1. The largest absolute Gasteiger partial charge is 0.497 e. The summed E-state index contributed by atoms with van der Waals surface area (Å²) >= 11 is 5.95. The van der Waals surface area contributed by atoms with E-state index in [9.17, 15) is 4.79 Å². The molecular formula is C19H20ClNO3. The first-order valence-corrected chi connectivity index (χ1v) is 8.33. The standard InChI is InChI=1S/C19H20ClNO3/c1-23-16-7-9-17(10-8-16)24-13-18(22)21-19(11-2-12-19)14-3-5-15(20)6-4-14/h3-10H,2,11-13H2,1H3,(H,21,22). The molecule has 1 N–H and O–H groups in total. The highest BCUT2D eigenvalue weighted by Crippen LogP contribution is 2.41. The van der Waals surface area contributed by atoms with Gasteiger partial charge in [0, 0.05) is 5.02 Å². The van der Waals surface area contributed by atoms with E-state index in [2.05, 4.69) is 5.32 Å². The van der Waals surface area contributed by atoms with Crippen LogP contribution >= 0.6 is 11.6 Å². The van der Waals surface area contributed by atoms with E-state index >= 15 is 0 Å². The van der Waals surface area contributed by atoms with Crippen LogP contribution in [0.15, 0.2) is 48.5 Å². The van der Waals surface area contributed by atoms with Crippen molar-refractivity contribution in [3.63, 3.8) is 0 Å². The maximum absolute atomic E-state index is 12.3. The SMILES string of the molecule is COc1ccc(OCC(=O)NC2(c3ccc(Cl)cc3)CCC2)cc1. The first-order valence-electron chi connectivity index (χ1n) is 7.95. The minimum absolute atomic E-state index is 0.0122. The molecule has 2 aromatic rings. The molecule has 3 rings (SSSR count). The van der Waals surface area contributed by atoms with Gasteiger partial charge in [-0.05, 0) is 61.2 Å². The topological polar surface area (TPSA) is 47.6 Å². The lowest BCUT2D eigenvalue weighted by atomic mass is 9.72. The second-order valence-corrected chi connectivity index (χ2v) is 6.39. The molecule has 0 aromatic heterocycles. The molecule has 5 heteroatoms. The Hall–Kier alpha value is -2.20. The first kappa shape index (κ1) is 16.7. The van der Waals surface area contributed by atoms with E-state index in [1.807, 2.05) is 24.3 Å². The highest BCUT2D eigenvalue weighted by molar-refractivity contribution is 6.30. The number of carbonyl (C=O) groups excluding carboxylic acids is 1. The number of hydrogen-bond donors (Lipinski definition) is 1. The van der Waals surface area contributed by atoms with Gasteiger partial charge in [0.1, 0.15) is 11.5 Å². The predicted octanol–water partition coefficient (Wildman–Crippen LogP) is 3.92. The lowest BCUT2D eigenvalue weighted by molar-refractivity contribution is -0.126. The van der Waals surface area contributed by atoms with E-state index in [4.69, 9.17) is 21.1 Å². The number of amides is 1. The van der Waals surface area contributed by atoms with Gasteiger partial charge in [-0.15, -0.1) is 0 Å². The van der Waals surface area contributed by atoms with E-state index in [1.54, 1.807) is 31.4 Å². The van der Waals surface area contributed by atoms with Crippen molar-refractivity contribution < 1.29 is 14.3 Å². The third-order valence-electron chi connectivity index (χ3n) is 4.41. The average Bonchev–Trinajstić information content (AvgIpc) is 2.57. The summed E-state index contributed by atoms with van der Waals surface area (Å²) in [6.45, 7) is -0.0122. The van der Waals surface area contributed by atoms with Gasteiger partial charge in [0.15, 0.2) is 6.61 Å². The molecule has 0 bridgehead atoms.